The molecular formula is C15H16BrCl3N2. The molecule has 0 spiro atoms. The molecule has 0 aliphatic rings. The fourth-order valence-corrected chi connectivity index (χ4v) is 3.69. The van der Waals surface area contributed by atoms with Crippen LogP contribution in [-0.4, -0.2) is 21.5 Å². The van der Waals surface area contributed by atoms with Crippen molar-refractivity contribution in [2.24, 2.45) is 7.05 Å². The van der Waals surface area contributed by atoms with Gasteiger partial charge in [0.25, 0.3) is 0 Å². The lowest BCUT2D eigenvalue weighted by atomic mass is 9.79. The predicted octanol–water partition coefficient (Wildman–Crippen LogP) is 5.10. The quantitative estimate of drug-likeness (QED) is 0.627. The first kappa shape index (κ1) is 17.1. The van der Waals surface area contributed by atoms with E-state index in [9.17, 15) is 0 Å². The van der Waals surface area contributed by atoms with Gasteiger partial charge >= 0.3 is 0 Å². The van der Waals surface area contributed by atoms with Crippen LogP contribution in [0.1, 0.15) is 16.8 Å². The zero-order chi connectivity index (χ0) is 15.6. The fraction of sp³-hybridized carbons (Fsp3) is 0.400. The molecule has 2 nitrogen and oxygen atoms in total. The Morgan fingerprint density at radius 1 is 1.19 bits per heavy atom. The Morgan fingerprint density at radius 3 is 2.19 bits per heavy atom. The molecule has 21 heavy (non-hydrogen) atoms. The average molecular weight is 411 g/mol. The van der Waals surface area contributed by atoms with Crippen molar-refractivity contribution in [3.8, 4) is 0 Å². The molecule has 0 saturated heterocycles. The van der Waals surface area contributed by atoms with Crippen LogP contribution in [0.2, 0.25) is 5.15 Å². The van der Waals surface area contributed by atoms with E-state index in [2.05, 4.69) is 33.2 Å². The lowest BCUT2D eigenvalue weighted by molar-refractivity contribution is 0.535. The van der Waals surface area contributed by atoms with Crippen LogP contribution in [0.4, 0.5) is 0 Å². The Bertz CT molecular complexity index is 619. The van der Waals surface area contributed by atoms with Crippen LogP contribution in [0.25, 0.3) is 0 Å². The molecule has 0 bridgehead atoms. The lowest BCUT2D eigenvalue weighted by Crippen LogP contribution is -2.33. The molecule has 2 rings (SSSR count). The summed E-state index contributed by atoms with van der Waals surface area (Å²) in [7, 11) is 1.83. The smallest absolute Gasteiger partial charge is 0.130 e. The molecule has 0 atom stereocenters. The first-order valence-corrected chi connectivity index (χ1v) is 8.73. The fourth-order valence-electron chi connectivity index (χ4n) is 2.40. The highest BCUT2D eigenvalue weighted by Gasteiger charge is 2.33. The third-order valence-electron chi connectivity index (χ3n) is 3.75. The minimum Gasteiger partial charge on any atom is -0.257 e. The third kappa shape index (κ3) is 3.42. The van der Waals surface area contributed by atoms with Gasteiger partial charge in [0.05, 0.1) is 5.69 Å². The summed E-state index contributed by atoms with van der Waals surface area (Å²) < 4.78 is 2.71. The van der Waals surface area contributed by atoms with E-state index in [0.717, 1.165) is 21.3 Å². The molecule has 0 fully saturated rings. The van der Waals surface area contributed by atoms with Crippen molar-refractivity contribution in [1.82, 2.24) is 9.78 Å². The summed E-state index contributed by atoms with van der Waals surface area (Å²) in [5, 5.41) is 5.00. The molecule has 6 heteroatoms. The topological polar surface area (TPSA) is 17.8 Å². The summed E-state index contributed by atoms with van der Waals surface area (Å²) >= 11 is 22.4. The van der Waals surface area contributed by atoms with E-state index in [1.165, 1.54) is 0 Å². The van der Waals surface area contributed by atoms with E-state index in [1.807, 2.05) is 26.1 Å². The van der Waals surface area contributed by atoms with Crippen LogP contribution in [-0.2, 0) is 18.9 Å². The molecule has 2 aromatic rings. The van der Waals surface area contributed by atoms with Crippen molar-refractivity contribution in [2.75, 3.05) is 11.8 Å². The van der Waals surface area contributed by atoms with Crippen LogP contribution in [0.3, 0.4) is 0 Å². The van der Waals surface area contributed by atoms with Gasteiger partial charge < -0.3 is 0 Å². The second kappa shape index (κ2) is 6.91. The molecule has 0 aliphatic carbocycles. The molecular weight excluding hydrogens is 394 g/mol. The largest absolute Gasteiger partial charge is 0.257 e. The van der Waals surface area contributed by atoms with Gasteiger partial charge in [-0.05, 0) is 31.0 Å². The molecule has 0 amide bonds. The van der Waals surface area contributed by atoms with E-state index < -0.39 is 0 Å². The number of halogens is 4. The van der Waals surface area contributed by atoms with Gasteiger partial charge in [0.15, 0.2) is 0 Å². The van der Waals surface area contributed by atoms with Crippen molar-refractivity contribution in [3.63, 3.8) is 0 Å². The van der Waals surface area contributed by atoms with E-state index in [4.69, 9.17) is 34.8 Å². The predicted molar refractivity (Wildman–Crippen MR) is 93.9 cm³/mol. The molecule has 114 valence electrons. The van der Waals surface area contributed by atoms with Gasteiger partial charge in [-0.1, -0.05) is 39.7 Å². The SMILES string of the molecule is Cc1nn(C)c(Cl)c1CC(CCl)(CCl)c1ccc(Br)cc1. The first-order valence-electron chi connectivity index (χ1n) is 6.49. The van der Waals surface area contributed by atoms with Gasteiger partial charge in [0, 0.05) is 34.3 Å². The molecule has 0 unspecified atom stereocenters. The van der Waals surface area contributed by atoms with Crippen LogP contribution < -0.4 is 0 Å². The van der Waals surface area contributed by atoms with Gasteiger partial charge in [0.1, 0.15) is 5.15 Å². The highest BCUT2D eigenvalue weighted by Crippen LogP contribution is 2.35. The van der Waals surface area contributed by atoms with E-state index in [1.54, 1.807) is 4.68 Å². The summed E-state index contributed by atoms with van der Waals surface area (Å²) in [6.45, 7) is 1.95. The summed E-state index contributed by atoms with van der Waals surface area (Å²) in [4.78, 5) is 0. The zero-order valence-electron chi connectivity index (χ0n) is 11.8. The summed E-state index contributed by atoms with van der Waals surface area (Å²) in [6.07, 6.45) is 0.667. The Balaban J connectivity index is 2.45. The zero-order valence-corrected chi connectivity index (χ0v) is 15.7. The first-order chi connectivity index (χ1) is 9.93. The van der Waals surface area contributed by atoms with Crippen molar-refractivity contribution in [3.05, 3.63) is 50.7 Å². The highest BCUT2D eigenvalue weighted by atomic mass is 79.9. The molecule has 0 saturated carbocycles. The van der Waals surface area contributed by atoms with E-state index in [-0.39, 0.29) is 5.41 Å². The minimum atomic E-state index is -0.360. The van der Waals surface area contributed by atoms with Gasteiger partial charge in [0.2, 0.25) is 0 Å². The van der Waals surface area contributed by atoms with Crippen molar-refractivity contribution in [1.29, 1.82) is 0 Å². The number of alkyl halides is 2. The van der Waals surface area contributed by atoms with Gasteiger partial charge in [-0.15, -0.1) is 23.2 Å². The molecule has 0 N–H and O–H groups in total. The maximum absolute atomic E-state index is 6.35. The number of hydrogen-bond donors (Lipinski definition) is 0. The number of hydrogen-bond acceptors (Lipinski definition) is 1. The van der Waals surface area contributed by atoms with Crippen molar-refractivity contribution in [2.45, 2.75) is 18.8 Å². The third-order valence-corrected chi connectivity index (χ3v) is 5.78. The van der Waals surface area contributed by atoms with E-state index in [0.29, 0.717) is 23.3 Å². The van der Waals surface area contributed by atoms with Crippen LogP contribution in [0, 0.1) is 6.92 Å². The Morgan fingerprint density at radius 2 is 1.76 bits per heavy atom. The van der Waals surface area contributed by atoms with E-state index >= 15 is 0 Å². The Labute approximate surface area is 148 Å². The highest BCUT2D eigenvalue weighted by molar-refractivity contribution is 9.10. The maximum Gasteiger partial charge on any atom is 0.130 e. The van der Waals surface area contributed by atoms with Crippen LogP contribution >= 0.6 is 50.7 Å². The molecule has 0 radical (unpaired) electrons. The Hall–Kier alpha value is -0.220. The second-order valence-corrected chi connectivity index (χ2v) is 7.02. The molecule has 1 heterocycles. The van der Waals surface area contributed by atoms with Crippen molar-refractivity contribution < 1.29 is 0 Å². The van der Waals surface area contributed by atoms with Crippen molar-refractivity contribution >= 4 is 50.7 Å². The number of aryl methyl sites for hydroxylation is 2. The summed E-state index contributed by atoms with van der Waals surface area (Å²) in [5.41, 5.74) is 2.67. The minimum absolute atomic E-state index is 0.360. The monoisotopic (exact) mass is 408 g/mol. The average Bonchev–Trinajstić information content (AvgIpc) is 2.72. The maximum atomic E-state index is 6.35. The Kier molecular flexibility index (Phi) is 5.64. The molecule has 1 aromatic carbocycles. The molecule has 1 aromatic heterocycles. The van der Waals surface area contributed by atoms with Crippen LogP contribution in [0.15, 0.2) is 28.7 Å². The normalized spacial score (nSPS) is 11.9. The van der Waals surface area contributed by atoms with Gasteiger partial charge in [-0.25, -0.2) is 0 Å². The van der Waals surface area contributed by atoms with Gasteiger partial charge in [-0.2, -0.15) is 5.10 Å². The lowest BCUT2D eigenvalue weighted by Gasteiger charge is -2.30. The van der Waals surface area contributed by atoms with Crippen LogP contribution in [0.5, 0.6) is 0 Å². The number of benzene rings is 1. The standard InChI is InChI=1S/C15H16BrCl3N2/c1-10-13(14(19)21(2)20-10)7-15(8-17,9-18)11-3-5-12(16)6-4-11/h3-6H,7-9H2,1-2H3. The number of rotatable bonds is 5. The number of aromatic nitrogens is 2. The summed E-state index contributed by atoms with van der Waals surface area (Å²) in [5.74, 6) is 0.839. The molecule has 0 aliphatic heterocycles. The second-order valence-electron chi connectivity index (χ2n) is 5.21. The number of nitrogens with zero attached hydrogens (tertiary/aromatic N) is 2. The van der Waals surface area contributed by atoms with Gasteiger partial charge in [-0.3, -0.25) is 4.68 Å². The summed E-state index contributed by atoms with van der Waals surface area (Å²) in [6, 6.07) is 8.10.